The van der Waals surface area contributed by atoms with Crippen LogP contribution < -0.4 is 10.5 Å². The third kappa shape index (κ3) is 3.50. The van der Waals surface area contributed by atoms with E-state index in [1.165, 1.54) is 21.9 Å². The smallest absolute Gasteiger partial charge is 0.278 e. The molecule has 5 nitrogen and oxygen atoms in total. The lowest BCUT2D eigenvalue weighted by molar-refractivity contribution is 0.0977. The van der Waals surface area contributed by atoms with Gasteiger partial charge in [-0.1, -0.05) is 38.5 Å². The summed E-state index contributed by atoms with van der Waals surface area (Å²) >= 11 is 0. The van der Waals surface area contributed by atoms with Gasteiger partial charge in [0.1, 0.15) is 5.69 Å². The Morgan fingerprint density at radius 3 is 2.80 bits per heavy atom. The quantitative estimate of drug-likeness (QED) is 0.840. The molecular formula is C20H25N3O2. The van der Waals surface area contributed by atoms with Crippen LogP contribution in [0.3, 0.4) is 0 Å². The molecule has 0 aliphatic carbocycles. The summed E-state index contributed by atoms with van der Waals surface area (Å²) < 4.78 is 1.41. The van der Waals surface area contributed by atoms with Gasteiger partial charge in [-0.05, 0) is 42.9 Å². The summed E-state index contributed by atoms with van der Waals surface area (Å²) in [5, 5.41) is 4.33. The van der Waals surface area contributed by atoms with Crippen LogP contribution in [0, 0.1) is 0 Å². The lowest BCUT2D eigenvalue weighted by Crippen LogP contribution is -2.38. The molecule has 5 heteroatoms. The summed E-state index contributed by atoms with van der Waals surface area (Å²) in [6.07, 6.45) is 4.68. The molecule has 0 unspecified atom stereocenters. The second-order valence-electron chi connectivity index (χ2n) is 6.47. The number of amides is 1. The molecule has 1 aromatic carbocycles. The van der Waals surface area contributed by atoms with Crippen molar-refractivity contribution in [3.05, 3.63) is 57.5 Å². The summed E-state index contributed by atoms with van der Waals surface area (Å²) in [5.74, 6) is -0.118. The number of rotatable bonds is 5. The molecule has 1 aliphatic rings. The Morgan fingerprint density at radius 2 is 2.04 bits per heavy atom. The van der Waals surface area contributed by atoms with E-state index < -0.39 is 0 Å². The molecule has 1 aromatic heterocycles. The van der Waals surface area contributed by atoms with E-state index in [-0.39, 0.29) is 11.5 Å². The number of aryl methyl sites for hydroxylation is 3. The Bertz CT molecular complexity index is 812. The van der Waals surface area contributed by atoms with E-state index in [2.05, 4.69) is 37.1 Å². The van der Waals surface area contributed by atoms with Gasteiger partial charge in [0.25, 0.3) is 11.5 Å². The molecular weight excluding hydrogens is 314 g/mol. The van der Waals surface area contributed by atoms with Crippen molar-refractivity contribution >= 4 is 11.6 Å². The van der Waals surface area contributed by atoms with E-state index >= 15 is 0 Å². The van der Waals surface area contributed by atoms with Crippen LogP contribution in [0.1, 0.15) is 54.7 Å². The van der Waals surface area contributed by atoms with E-state index in [1.807, 2.05) is 4.90 Å². The average Bonchev–Trinajstić information content (AvgIpc) is 2.65. The number of anilines is 1. The third-order valence-electron chi connectivity index (χ3n) is 4.74. The van der Waals surface area contributed by atoms with Crippen LogP contribution in [0.25, 0.3) is 0 Å². The molecule has 2 aromatic rings. The van der Waals surface area contributed by atoms with Crippen molar-refractivity contribution in [1.29, 1.82) is 0 Å². The van der Waals surface area contributed by atoms with Gasteiger partial charge in [-0.2, -0.15) is 5.10 Å². The zero-order valence-corrected chi connectivity index (χ0v) is 15.0. The highest BCUT2D eigenvalue weighted by Crippen LogP contribution is 2.32. The predicted molar refractivity (Wildman–Crippen MR) is 99.2 cm³/mol. The Kier molecular flexibility index (Phi) is 5.31. The predicted octanol–water partition coefficient (Wildman–Crippen LogP) is 3.20. The van der Waals surface area contributed by atoms with Gasteiger partial charge in [0, 0.05) is 19.2 Å². The zero-order valence-electron chi connectivity index (χ0n) is 15.0. The van der Waals surface area contributed by atoms with E-state index in [0.717, 1.165) is 37.8 Å². The minimum absolute atomic E-state index is 0.118. The summed E-state index contributed by atoms with van der Waals surface area (Å²) in [7, 11) is 0. The number of hydrogen-bond acceptors (Lipinski definition) is 3. The molecule has 0 fully saturated rings. The average molecular weight is 339 g/mol. The largest absolute Gasteiger partial charge is 0.306 e. The lowest BCUT2D eigenvalue weighted by atomic mass is 9.96. The van der Waals surface area contributed by atoms with Gasteiger partial charge in [0.05, 0.1) is 5.69 Å². The molecule has 0 saturated carbocycles. The maximum atomic E-state index is 13.1. The number of benzene rings is 1. The fourth-order valence-corrected chi connectivity index (χ4v) is 3.39. The first kappa shape index (κ1) is 17.4. The van der Waals surface area contributed by atoms with Gasteiger partial charge >= 0.3 is 0 Å². The molecule has 3 rings (SSSR count). The van der Waals surface area contributed by atoms with Gasteiger partial charge in [0.2, 0.25) is 0 Å². The molecule has 1 aliphatic heterocycles. The van der Waals surface area contributed by atoms with Crippen LogP contribution in [0.2, 0.25) is 0 Å². The number of fused-ring (bicyclic) bond motifs is 1. The number of aromatic nitrogens is 2. The SMILES string of the molecule is CCCCn1nc(C(=O)N2CCCc3cccc(CC)c32)ccc1=O. The van der Waals surface area contributed by atoms with Crippen LogP contribution in [0.15, 0.2) is 35.1 Å². The van der Waals surface area contributed by atoms with Crippen molar-refractivity contribution < 1.29 is 4.79 Å². The first-order valence-electron chi connectivity index (χ1n) is 9.16. The summed E-state index contributed by atoms with van der Waals surface area (Å²) in [6, 6.07) is 9.25. The Hall–Kier alpha value is -2.43. The van der Waals surface area contributed by atoms with Crippen molar-refractivity contribution in [2.24, 2.45) is 0 Å². The molecule has 0 saturated heterocycles. The number of carbonyl (C=O) groups excluding carboxylic acids is 1. The number of para-hydroxylation sites is 1. The highest BCUT2D eigenvalue weighted by Gasteiger charge is 2.26. The van der Waals surface area contributed by atoms with Crippen LogP contribution >= 0.6 is 0 Å². The first-order chi connectivity index (χ1) is 12.2. The molecule has 0 N–H and O–H groups in total. The number of nitrogens with zero attached hydrogens (tertiary/aromatic N) is 3. The summed E-state index contributed by atoms with van der Waals surface area (Å²) in [5.41, 5.74) is 3.63. The number of carbonyl (C=O) groups is 1. The van der Waals surface area contributed by atoms with Gasteiger partial charge in [0.15, 0.2) is 0 Å². The van der Waals surface area contributed by atoms with Crippen LogP contribution in [0.4, 0.5) is 5.69 Å². The molecule has 0 bridgehead atoms. The van der Waals surface area contributed by atoms with E-state index in [0.29, 0.717) is 18.8 Å². The molecule has 0 spiro atoms. The molecule has 1 amide bonds. The Labute approximate surface area is 148 Å². The van der Waals surface area contributed by atoms with Crippen LogP contribution in [-0.2, 0) is 19.4 Å². The fraction of sp³-hybridized carbons (Fsp3) is 0.450. The van der Waals surface area contributed by atoms with Crippen molar-refractivity contribution in [1.82, 2.24) is 9.78 Å². The number of unbranched alkanes of at least 4 members (excludes halogenated alkanes) is 1. The first-order valence-corrected chi connectivity index (χ1v) is 9.16. The lowest BCUT2D eigenvalue weighted by Gasteiger charge is -2.31. The minimum Gasteiger partial charge on any atom is -0.306 e. The highest BCUT2D eigenvalue weighted by molar-refractivity contribution is 6.05. The fourth-order valence-electron chi connectivity index (χ4n) is 3.39. The van der Waals surface area contributed by atoms with Crippen molar-refractivity contribution in [2.75, 3.05) is 11.4 Å². The third-order valence-corrected chi connectivity index (χ3v) is 4.74. The molecule has 0 radical (unpaired) electrons. The van der Waals surface area contributed by atoms with Gasteiger partial charge in [-0.3, -0.25) is 9.59 Å². The van der Waals surface area contributed by atoms with E-state index in [4.69, 9.17) is 0 Å². The summed E-state index contributed by atoms with van der Waals surface area (Å²) in [4.78, 5) is 26.9. The second kappa shape index (κ2) is 7.64. The minimum atomic E-state index is -0.154. The number of hydrogen-bond donors (Lipinski definition) is 0. The van der Waals surface area contributed by atoms with Crippen LogP contribution in [0.5, 0.6) is 0 Å². The Balaban J connectivity index is 1.97. The summed E-state index contributed by atoms with van der Waals surface area (Å²) in [6.45, 7) is 5.42. The van der Waals surface area contributed by atoms with Crippen LogP contribution in [-0.4, -0.2) is 22.2 Å². The van der Waals surface area contributed by atoms with Crippen molar-refractivity contribution in [3.8, 4) is 0 Å². The molecule has 0 atom stereocenters. The van der Waals surface area contributed by atoms with Gasteiger partial charge in [-0.15, -0.1) is 0 Å². The molecule has 2 heterocycles. The molecule has 25 heavy (non-hydrogen) atoms. The Morgan fingerprint density at radius 1 is 1.20 bits per heavy atom. The maximum Gasteiger partial charge on any atom is 0.278 e. The van der Waals surface area contributed by atoms with Gasteiger partial charge in [-0.25, -0.2) is 4.68 Å². The van der Waals surface area contributed by atoms with E-state index in [9.17, 15) is 9.59 Å². The zero-order chi connectivity index (χ0) is 17.8. The topological polar surface area (TPSA) is 55.2 Å². The normalized spacial score (nSPS) is 13.6. The van der Waals surface area contributed by atoms with E-state index in [1.54, 1.807) is 6.07 Å². The van der Waals surface area contributed by atoms with Gasteiger partial charge < -0.3 is 4.90 Å². The van der Waals surface area contributed by atoms with Crippen molar-refractivity contribution in [3.63, 3.8) is 0 Å². The monoisotopic (exact) mass is 339 g/mol. The maximum absolute atomic E-state index is 13.1. The standard InChI is InChI=1S/C20H25N3O2/c1-3-5-14-23-18(24)12-11-17(21-23)20(25)22-13-7-10-16-9-6-8-15(4-2)19(16)22/h6,8-9,11-12H,3-5,7,10,13-14H2,1-2H3. The van der Waals surface area contributed by atoms with Crippen molar-refractivity contribution in [2.45, 2.75) is 52.5 Å². The molecule has 132 valence electrons. The second-order valence-corrected chi connectivity index (χ2v) is 6.47. The highest BCUT2D eigenvalue weighted by atomic mass is 16.2.